The second kappa shape index (κ2) is 7.23. The van der Waals surface area contributed by atoms with Crippen molar-refractivity contribution in [2.45, 2.75) is 49.8 Å². The summed E-state index contributed by atoms with van der Waals surface area (Å²) in [5, 5.41) is 48.7. The van der Waals surface area contributed by atoms with Crippen molar-refractivity contribution in [1.82, 2.24) is 0 Å². The van der Waals surface area contributed by atoms with E-state index >= 15 is 0 Å². The van der Waals surface area contributed by atoms with Crippen LogP contribution in [-0.2, 0) is 9.47 Å². The highest BCUT2D eigenvalue weighted by Gasteiger charge is 2.45. The molecule has 5 N–H and O–H groups in total. The van der Waals surface area contributed by atoms with Crippen LogP contribution in [0.4, 0.5) is 0 Å². The van der Waals surface area contributed by atoms with Gasteiger partial charge in [-0.1, -0.05) is 30.9 Å². The molecule has 1 heterocycles. The quantitative estimate of drug-likeness (QED) is 0.413. The summed E-state index contributed by atoms with van der Waals surface area (Å²) in [7, 11) is 0. The van der Waals surface area contributed by atoms with E-state index in [1.165, 1.54) is 0 Å². The SMILES string of the molecule is C=C(C)[C@@H]1C(=C)[C@H](O[C@@H]2O[C@H](CO)[C@@H](O)[C@H](O)[C@H]2O)C=C[C@@H]1O. The highest BCUT2D eigenvalue weighted by atomic mass is 16.7. The normalized spacial score (nSPS) is 44.3. The third kappa shape index (κ3) is 3.56. The summed E-state index contributed by atoms with van der Waals surface area (Å²) in [6.45, 7) is 8.98. The fourth-order valence-corrected chi connectivity index (χ4v) is 2.91. The second-order valence-electron chi connectivity index (χ2n) is 6.03. The van der Waals surface area contributed by atoms with Gasteiger partial charge in [0.15, 0.2) is 6.29 Å². The van der Waals surface area contributed by atoms with Crippen LogP contribution in [0.5, 0.6) is 0 Å². The summed E-state index contributed by atoms with van der Waals surface area (Å²) < 4.78 is 11.0. The lowest BCUT2D eigenvalue weighted by molar-refractivity contribution is -0.305. The van der Waals surface area contributed by atoms with Crippen LogP contribution >= 0.6 is 0 Å². The number of rotatable bonds is 4. The molecule has 0 aromatic rings. The van der Waals surface area contributed by atoms with Gasteiger partial charge in [0.2, 0.25) is 0 Å². The molecule has 0 spiro atoms. The van der Waals surface area contributed by atoms with Gasteiger partial charge >= 0.3 is 0 Å². The monoisotopic (exact) mass is 328 g/mol. The topological polar surface area (TPSA) is 120 Å². The van der Waals surface area contributed by atoms with Gasteiger partial charge in [-0.2, -0.15) is 0 Å². The van der Waals surface area contributed by atoms with Gasteiger partial charge in [0, 0.05) is 5.92 Å². The number of aliphatic hydroxyl groups excluding tert-OH is 5. The number of ether oxygens (including phenoxy) is 2. The van der Waals surface area contributed by atoms with Crippen molar-refractivity contribution < 1.29 is 35.0 Å². The molecular formula is C16H24O7. The Labute approximate surface area is 134 Å². The van der Waals surface area contributed by atoms with Crippen molar-refractivity contribution >= 4 is 0 Å². The maximum Gasteiger partial charge on any atom is 0.187 e. The highest BCUT2D eigenvalue weighted by Crippen LogP contribution is 2.33. The minimum absolute atomic E-state index is 0.394. The van der Waals surface area contributed by atoms with Crippen molar-refractivity contribution in [2.24, 2.45) is 5.92 Å². The minimum atomic E-state index is -1.51. The number of hydrogen-bond acceptors (Lipinski definition) is 7. The predicted octanol–water partition coefficient (Wildman–Crippen LogP) is -1.15. The van der Waals surface area contributed by atoms with Gasteiger partial charge in [-0.3, -0.25) is 0 Å². The van der Waals surface area contributed by atoms with Crippen LogP contribution in [0.2, 0.25) is 0 Å². The molecule has 0 aromatic carbocycles. The molecule has 7 heteroatoms. The smallest absolute Gasteiger partial charge is 0.187 e. The van der Waals surface area contributed by atoms with Crippen molar-refractivity contribution in [3.05, 3.63) is 36.5 Å². The summed E-state index contributed by atoms with van der Waals surface area (Å²) in [6.07, 6.45) is -5.02. The predicted molar refractivity (Wildman–Crippen MR) is 81.2 cm³/mol. The molecule has 23 heavy (non-hydrogen) atoms. The first-order valence-electron chi connectivity index (χ1n) is 7.44. The molecule has 2 rings (SSSR count). The first-order chi connectivity index (χ1) is 10.8. The standard InChI is InChI=1S/C16H24O7/c1-7(2)12-8(3)10(5-4-9(12)18)22-16-15(21)14(20)13(19)11(6-17)23-16/h4-5,9-21H,1,3,6H2,2H3/t9-,10+,11+,12+,13+,14-,15+,16+/m0/s1. The van der Waals surface area contributed by atoms with E-state index in [9.17, 15) is 25.5 Å². The Bertz CT molecular complexity index is 487. The average Bonchev–Trinajstić information content (AvgIpc) is 2.50. The van der Waals surface area contributed by atoms with Crippen LogP contribution < -0.4 is 0 Å². The van der Waals surface area contributed by atoms with Crippen LogP contribution in [0.25, 0.3) is 0 Å². The fraction of sp³-hybridized carbons (Fsp3) is 0.625. The zero-order chi connectivity index (χ0) is 17.3. The maximum absolute atomic E-state index is 10.0. The Morgan fingerprint density at radius 1 is 1.17 bits per heavy atom. The molecule has 0 amide bonds. The maximum atomic E-state index is 10.0. The lowest BCUT2D eigenvalue weighted by atomic mass is 9.81. The van der Waals surface area contributed by atoms with Crippen LogP contribution in [0.1, 0.15) is 6.92 Å². The Morgan fingerprint density at radius 2 is 1.83 bits per heavy atom. The third-order valence-corrected chi connectivity index (χ3v) is 4.25. The molecule has 1 fully saturated rings. The second-order valence-corrected chi connectivity index (χ2v) is 6.03. The van der Waals surface area contributed by atoms with E-state index in [1.807, 2.05) is 0 Å². The summed E-state index contributed by atoms with van der Waals surface area (Å²) >= 11 is 0. The van der Waals surface area contributed by atoms with Crippen molar-refractivity contribution in [3.63, 3.8) is 0 Å². The third-order valence-electron chi connectivity index (χ3n) is 4.25. The van der Waals surface area contributed by atoms with E-state index in [4.69, 9.17) is 9.47 Å². The summed E-state index contributed by atoms with van der Waals surface area (Å²) in [4.78, 5) is 0. The van der Waals surface area contributed by atoms with E-state index in [1.54, 1.807) is 19.1 Å². The molecule has 0 unspecified atom stereocenters. The molecule has 130 valence electrons. The van der Waals surface area contributed by atoms with Crippen molar-refractivity contribution in [2.75, 3.05) is 6.61 Å². The molecule has 0 radical (unpaired) electrons. The van der Waals surface area contributed by atoms with E-state index < -0.39 is 55.4 Å². The molecule has 2 aliphatic rings. The zero-order valence-corrected chi connectivity index (χ0v) is 12.9. The summed E-state index contributed by atoms with van der Waals surface area (Å²) in [5.74, 6) is -0.394. The van der Waals surface area contributed by atoms with Crippen LogP contribution in [0.15, 0.2) is 36.5 Å². The van der Waals surface area contributed by atoms with Crippen LogP contribution in [-0.4, -0.2) is 75.1 Å². The minimum Gasteiger partial charge on any atom is -0.394 e. The molecule has 0 saturated carbocycles. The van der Waals surface area contributed by atoms with Crippen LogP contribution in [0, 0.1) is 5.92 Å². The first kappa shape index (κ1) is 18.3. The molecule has 0 aromatic heterocycles. The van der Waals surface area contributed by atoms with Gasteiger partial charge in [-0.05, 0) is 12.5 Å². The molecule has 0 bridgehead atoms. The van der Waals surface area contributed by atoms with E-state index in [-0.39, 0.29) is 0 Å². The van der Waals surface area contributed by atoms with E-state index in [0.29, 0.717) is 11.1 Å². The van der Waals surface area contributed by atoms with Gasteiger partial charge in [-0.15, -0.1) is 0 Å². The van der Waals surface area contributed by atoms with E-state index in [0.717, 1.165) is 0 Å². The lowest BCUT2D eigenvalue weighted by Crippen LogP contribution is -2.59. The Hall–Kier alpha value is -1.06. The summed E-state index contributed by atoms with van der Waals surface area (Å²) in [6, 6.07) is 0. The van der Waals surface area contributed by atoms with Gasteiger partial charge < -0.3 is 35.0 Å². The molecule has 1 aliphatic heterocycles. The number of aliphatic hydroxyl groups is 5. The van der Waals surface area contributed by atoms with Gasteiger partial charge in [0.1, 0.15) is 30.5 Å². The Balaban J connectivity index is 2.13. The number of hydrogen-bond donors (Lipinski definition) is 5. The van der Waals surface area contributed by atoms with Gasteiger partial charge in [-0.25, -0.2) is 0 Å². The Kier molecular flexibility index (Phi) is 5.74. The van der Waals surface area contributed by atoms with Gasteiger partial charge in [0.05, 0.1) is 12.7 Å². The van der Waals surface area contributed by atoms with Crippen molar-refractivity contribution in [1.29, 1.82) is 0 Å². The molecule has 7 nitrogen and oxygen atoms in total. The lowest BCUT2D eigenvalue weighted by Gasteiger charge is -2.42. The first-order valence-corrected chi connectivity index (χ1v) is 7.44. The molecule has 1 saturated heterocycles. The molecular weight excluding hydrogens is 304 g/mol. The summed E-state index contributed by atoms with van der Waals surface area (Å²) in [5.41, 5.74) is 1.26. The molecule has 1 aliphatic carbocycles. The van der Waals surface area contributed by atoms with Crippen LogP contribution in [0.3, 0.4) is 0 Å². The Morgan fingerprint density at radius 3 is 2.39 bits per heavy atom. The van der Waals surface area contributed by atoms with Crippen molar-refractivity contribution in [3.8, 4) is 0 Å². The van der Waals surface area contributed by atoms with E-state index in [2.05, 4.69) is 13.2 Å². The zero-order valence-electron chi connectivity index (χ0n) is 12.9. The largest absolute Gasteiger partial charge is 0.394 e. The molecule has 8 atom stereocenters. The average molecular weight is 328 g/mol. The fourth-order valence-electron chi connectivity index (χ4n) is 2.91. The van der Waals surface area contributed by atoms with Gasteiger partial charge in [0.25, 0.3) is 0 Å². The highest BCUT2D eigenvalue weighted by molar-refractivity contribution is 5.31.